The average Bonchev–Trinajstić information content (AvgIpc) is 2.79. The van der Waals surface area contributed by atoms with Crippen molar-refractivity contribution in [1.29, 1.82) is 0 Å². The van der Waals surface area contributed by atoms with Crippen LogP contribution in [0.15, 0.2) is 54.7 Å². The summed E-state index contributed by atoms with van der Waals surface area (Å²) in [4.78, 5) is 4.64. The molecule has 6 nitrogen and oxygen atoms in total. The molecule has 1 aromatic carbocycles. The van der Waals surface area contributed by atoms with Gasteiger partial charge in [-0.3, -0.25) is 4.98 Å². The second kappa shape index (κ2) is 12.8. The molecule has 1 N–H and O–H groups in total. The molecule has 8 heteroatoms. The predicted octanol–water partition coefficient (Wildman–Crippen LogP) is 5.80. The minimum atomic E-state index is -2.23. The second-order valence-corrected chi connectivity index (χ2v) is 18.1. The molecule has 0 aliphatic rings. The molecule has 0 unspecified atom stereocenters. The number of benzene rings is 1. The van der Waals surface area contributed by atoms with Crippen LogP contribution in [0.1, 0.15) is 58.9 Å². The van der Waals surface area contributed by atoms with Crippen molar-refractivity contribution in [1.82, 2.24) is 9.71 Å². The van der Waals surface area contributed by atoms with E-state index in [2.05, 4.69) is 43.6 Å². The Labute approximate surface area is 216 Å². The van der Waals surface area contributed by atoms with Crippen LogP contribution >= 0.6 is 0 Å². The standard InChI is InChI=1S/C27H44N2O4SSi/c1-26(2,3)34(30)29-24(23(31-7)20-32-19-21-15-11-10-12-16-21)25(22-17-13-14-18-28-22)33-35(8,9)27(4,5)6/h10-18,23-25,29H,19-20H2,1-9H3/t23-,24+,25+,34-/m1/s1. The van der Waals surface area contributed by atoms with Gasteiger partial charge in [-0.25, -0.2) is 0 Å². The third-order valence-electron chi connectivity index (χ3n) is 6.43. The Morgan fingerprint density at radius 1 is 1.00 bits per heavy atom. The third-order valence-corrected chi connectivity index (χ3v) is 12.5. The van der Waals surface area contributed by atoms with Crippen LogP contribution < -0.4 is 4.72 Å². The van der Waals surface area contributed by atoms with Crippen LogP contribution in [0.3, 0.4) is 0 Å². The zero-order valence-electron chi connectivity index (χ0n) is 22.8. The molecule has 4 atom stereocenters. The molecule has 0 amide bonds. The SMILES string of the molecule is CO[C@H](COCc1ccccc1)[C@H](N[S@+]([O-])C(C)(C)C)[C@@H](O[Si](C)(C)C(C)(C)C)c1ccccn1. The van der Waals surface area contributed by atoms with E-state index in [4.69, 9.17) is 13.9 Å². The van der Waals surface area contributed by atoms with Crippen LogP contribution in [0.25, 0.3) is 0 Å². The summed E-state index contributed by atoms with van der Waals surface area (Å²) in [6, 6.07) is 15.4. The van der Waals surface area contributed by atoms with Crippen molar-refractivity contribution in [2.45, 2.75) is 89.3 Å². The van der Waals surface area contributed by atoms with E-state index >= 15 is 0 Å². The van der Waals surface area contributed by atoms with Crippen molar-refractivity contribution in [2.24, 2.45) is 0 Å². The topological polar surface area (TPSA) is 75.7 Å². The minimum absolute atomic E-state index is 0.0138. The predicted molar refractivity (Wildman–Crippen MR) is 147 cm³/mol. The van der Waals surface area contributed by atoms with E-state index in [0.717, 1.165) is 11.3 Å². The van der Waals surface area contributed by atoms with Crippen molar-refractivity contribution < 1.29 is 18.5 Å². The van der Waals surface area contributed by atoms with E-state index in [-0.39, 0.29) is 5.04 Å². The van der Waals surface area contributed by atoms with Crippen molar-refractivity contribution >= 4 is 19.7 Å². The van der Waals surface area contributed by atoms with E-state index in [9.17, 15) is 4.55 Å². The molecule has 0 fully saturated rings. The number of rotatable bonds is 12. The Morgan fingerprint density at radius 2 is 1.63 bits per heavy atom. The smallest absolute Gasteiger partial charge is 0.193 e. The van der Waals surface area contributed by atoms with Crippen LogP contribution in [0.4, 0.5) is 0 Å². The first-order valence-electron chi connectivity index (χ1n) is 12.2. The number of nitrogens with one attached hydrogen (secondary N) is 1. The summed E-state index contributed by atoms with van der Waals surface area (Å²) >= 11 is -1.35. The molecule has 35 heavy (non-hydrogen) atoms. The highest BCUT2D eigenvalue weighted by molar-refractivity contribution is 7.90. The van der Waals surface area contributed by atoms with Gasteiger partial charge in [-0.05, 0) is 56.6 Å². The van der Waals surface area contributed by atoms with Gasteiger partial charge in [-0.2, -0.15) is 0 Å². The molecular weight excluding hydrogens is 476 g/mol. The Bertz CT molecular complexity index is 872. The van der Waals surface area contributed by atoms with E-state index in [1.54, 1.807) is 13.3 Å². The van der Waals surface area contributed by atoms with Crippen molar-refractivity contribution in [3.63, 3.8) is 0 Å². The van der Waals surface area contributed by atoms with E-state index in [1.165, 1.54) is 0 Å². The number of hydrogen-bond donors (Lipinski definition) is 1. The van der Waals surface area contributed by atoms with Gasteiger partial charge < -0.3 is 18.5 Å². The lowest BCUT2D eigenvalue weighted by Gasteiger charge is -2.43. The maximum atomic E-state index is 13.3. The zero-order chi connectivity index (χ0) is 26.3. The number of ether oxygens (including phenoxy) is 2. The number of nitrogens with zero attached hydrogens (tertiary/aromatic N) is 1. The quantitative estimate of drug-likeness (QED) is 0.282. The normalized spacial score (nSPS) is 16.5. The summed E-state index contributed by atoms with van der Waals surface area (Å²) in [5.41, 5.74) is 1.87. The first kappa shape index (κ1) is 30.0. The first-order chi connectivity index (χ1) is 16.3. The van der Waals surface area contributed by atoms with Crippen LogP contribution in [0.5, 0.6) is 0 Å². The summed E-state index contributed by atoms with van der Waals surface area (Å²) in [6.45, 7) is 17.7. The monoisotopic (exact) mass is 520 g/mol. The van der Waals surface area contributed by atoms with E-state index in [1.807, 2.05) is 69.3 Å². The van der Waals surface area contributed by atoms with E-state index < -0.39 is 42.7 Å². The summed E-state index contributed by atoms with van der Waals surface area (Å²) in [5.74, 6) is 0. The van der Waals surface area contributed by atoms with Gasteiger partial charge in [0.2, 0.25) is 0 Å². The van der Waals surface area contributed by atoms with Crippen LogP contribution in [0.2, 0.25) is 18.1 Å². The molecule has 0 spiro atoms. The third kappa shape index (κ3) is 8.96. The lowest BCUT2D eigenvalue weighted by molar-refractivity contribution is -0.0389. The maximum absolute atomic E-state index is 13.3. The summed E-state index contributed by atoms with van der Waals surface area (Å²) < 4.78 is 35.2. The summed E-state index contributed by atoms with van der Waals surface area (Å²) in [7, 11) is -0.569. The number of methoxy groups -OCH3 is 1. The van der Waals surface area contributed by atoms with Gasteiger partial charge in [-0.1, -0.05) is 57.2 Å². The molecule has 0 radical (unpaired) electrons. The largest absolute Gasteiger partial charge is 0.598 e. The molecule has 1 heterocycles. The number of aromatic nitrogens is 1. The molecule has 0 bridgehead atoms. The van der Waals surface area contributed by atoms with E-state index in [0.29, 0.717) is 13.2 Å². The van der Waals surface area contributed by atoms with Crippen molar-refractivity contribution in [2.75, 3.05) is 13.7 Å². The summed E-state index contributed by atoms with van der Waals surface area (Å²) in [5, 5.41) is -0.0138. The first-order valence-corrected chi connectivity index (χ1v) is 16.2. The Hall–Kier alpha value is -1.26. The number of hydrogen-bond acceptors (Lipinski definition) is 6. The Morgan fingerprint density at radius 3 is 2.14 bits per heavy atom. The fourth-order valence-electron chi connectivity index (χ4n) is 3.17. The van der Waals surface area contributed by atoms with Gasteiger partial charge in [-0.15, -0.1) is 4.72 Å². The maximum Gasteiger partial charge on any atom is 0.193 e. The Balaban J connectivity index is 2.41. The van der Waals surface area contributed by atoms with Gasteiger partial charge in [0, 0.05) is 24.7 Å². The molecule has 0 aliphatic heterocycles. The van der Waals surface area contributed by atoms with Crippen molar-refractivity contribution in [3.05, 3.63) is 66.0 Å². The lowest BCUT2D eigenvalue weighted by Crippen LogP contribution is -2.56. The molecule has 2 rings (SSSR count). The van der Waals surface area contributed by atoms with Gasteiger partial charge in [0.25, 0.3) is 0 Å². The molecular formula is C27H44N2O4SSi. The number of pyridine rings is 1. The fraction of sp³-hybridized carbons (Fsp3) is 0.593. The summed E-state index contributed by atoms with van der Waals surface area (Å²) in [6.07, 6.45) is 0.887. The van der Waals surface area contributed by atoms with Crippen LogP contribution in [0, 0.1) is 0 Å². The minimum Gasteiger partial charge on any atom is -0.598 e. The highest BCUT2D eigenvalue weighted by Gasteiger charge is 2.45. The highest BCUT2D eigenvalue weighted by atomic mass is 32.2. The molecule has 2 aromatic rings. The lowest BCUT2D eigenvalue weighted by atomic mass is 10.0. The Kier molecular flexibility index (Phi) is 11.0. The molecule has 1 aromatic heterocycles. The second-order valence-electron chi connectivity index (χ2n) is 11.4. The zero-order valence-corrected chi connectivity index (χ0v) is 24.6. The molecule has 0 saturated carbocycles. The molecule has 196 valence electrons. The molecule has 0 aliphatic carbocycles. The van der Waals surface area contributed by atoms with Gasteiger partial charge in [0.1, 0.15) is 23.0 Å². The van der Waals surface area contributed by atoms with Crippen LogP contribution in [-0.2, 0) is 31.9 Å². The van der Waals surface area contributed by atoms with Gasteiger partial charge >= 0.3 is 0 Å². The van der Waals surface area contributed by atoms with Crippen molar-refractivity contribution in [3.8, 4) is 0 Å². The average molecular weight is 521 g/mol. The molecule has 0 saturated heterocycles. The van der Waals surface area contributed by atoms with Gasteiger partial charge in [0.15, 0.2) is 8.32 Å². The fourth-order valence-corrected chi connectivity index (χ4v) is 5.31. The van der Waals surface area contributed by atoms with Crippen LogP contribution in [-0.4, -0.2) is 48.5 Å². The van der Waals surface area contributed by atoms with Gasteiger partial charge in [0.05, 0.1) is 18.9 Å². The highest BCUT2D eigenvalue weighted by Crippen LogP contribution is 2.41.